The van der Waals surface area contributed by atoms with Crippen LogP contribution in [-0.2, 0) is 14.8 Å². The van der Waals surface area contributed by atoms with Gasteiger partial charge in [-0.15, -0.1) is 0 Å². The number of hydrogen-bond donors (Lipinski definition) is 1. The smallest absolute Gasteiger partial charge is 0.292 e. The number of benzene rings is 3. The lowest BCUT2D eigenvalue weighted by Crippen LogP contribution is -2.48. The maximum absolute atomic E-state index is 13.3. The summed E-state index contributed by atoms with van der Waals surface area (Å²) in [6, 6.07) is 17.9. The molecule has 2 fully saturated rings. The van der Waals surface area contributed by atoms with Crippen molar-refractivity contribution in [3.05, 3.63) is 70.8 Å². The number of nitro benzene ring substituents is 1. The highest BCUT2D eigenvalue weighted by molar-refractivity contribution is 7.89. The Bertz CT molecular complexity index is 1330. The van der Waals surface area contributed by atoms with Crippen molar-refractivity contribution in [3.63, 3.8) is 0 Å². The van der Waals surface area contributed by atoms with Crippen molar-refractivity contribution >= 4 is 37.9 Å². The first-order valence-corrected chi connectivity index (χ1v) is 13.2. The summed E-state index contributed by atoms with van der Waals surface area (Å²) in [4.78, 5) is 13.5. The second-order valence-corrected chi connectivity index (χ2v) is 10.8. The third kappa shape index (κ3) is 4.95. The molecular weight excluding hydrogens is 468 g/mol. The van der Waals surface area contributed by atoms with E-state index in [0.717, 1.165) is 35.9 Å². The number of sulfonamides is 1. The molecule has 2 heterocycles. The predicted octanol–water partition coefficient (Wildman–Crippen LogP) is 3.85. The van der Waals surface area contributed by atoms with Crippen LogP contribution in [-0.4, -0.2) is 63.1 Å². The number of anilines is 2. The number of hydrogen-bond acceptors (Lipinski definition) is 7. The van der Waals surface area contributed by atoms with Crippen molar-refractivity contribution in [3.8, 4) is 0 Å². The molecule has 10 heteroatoms. The molecule has 0 aliphatic carbocycles. The topological polar surface area (TPSA) is 105 Å². The zero-order valence-corrected chi connectivity index (χ0v) is 20.1. The van der Waals surface area contributed by atoms with E-state index in [2.05, 4.69) is 10.2 Å². The second kappa shape index (κ2) is 9.80. The summed E-state index contributed by atoms with van der Waals surface area (Å²) in [7, 11) is -3.61. The summed E-state index contributed by atoms with van der Waals surface area (Å²) in [6.07, 6.45) is 2.00. The van der Waals surface area contributed by atoms with Crippen LogP contribution in [0.5, 0.6) is 0 Å². The maximum atomic E-state index is 13.3. The van der Waals surface area contributed by atoms with Gasteiger partial charge < -0.3 is 15.0 Å². The number of piperazine rings is 1. The molecule has 2 aliphatic heterocycles. The van der Waals surface area contributed by atoms with Gasteiger partial charge in [0.25, 0.3) is 5.69 Å². The Kier molecular flexibility index (Phi) is 6.59. The first-order valence-electron chi connectivity index (χ1n) is 11.8. The molecule has 184 valence electrons. The SMILES string of the molecule is O=[N+]([O-])c1ccc(N2CCN(S(=O)(=O)c3ccc4ccccc4c3)CC2)cc1NC[C@@H]1CCCO1. The van der Waals surface area contributed by atoms with Gasteiger partial charge in [-0.2, -0.15) is 4.31 Å². The zero-order valence-electron chi connectivity index (χ0n) is 19.3. The number of nitrogens with one attached hydrogen (secondary N) is 1. The lowest BCUT2D eigenvalue weighted by atomic mass is 10.1. The van der Waals surface area contributed by atoms with Crippen LogP contribution in [0.15, 0.2) is 65.6 Å². The monoisotopic (exact) mass is 496 g/mol. The van der Waals surface area contributed by atoms with Gasteiger partial charge in [-0.3, -0.25) is 10.1 Å². The fourth-order valence-corrected chi connectivity index (χ4v) is 6.17. The Morgan fingerprint density at radius 2 is 1.77 bits per heavy atom. The molecule has 3 aromatic rings. The number of rotatable bonds is 7. The van der Waals surface area contributed by atoms with E-state index in [0.29, 0.717) is 43.3 Å². The number of ether oxygens (including phenoxy) is 1. The number of fused-ring (bicyclic) bond motifs is 1. The van der Waals surface area contributed by atoms with Crippen LogP contribution in [0.2, 0.25) is 0 Å². The molecule has 0 radical (unpaired) electrons. The Morgan fingerprint density at radius 3 is 2.49 bits per heavy atom. The fourth-order valence-electron chi connectivity index (χ4n) is 4.71. The molecular formula is C25H28N4O5S. The molecule has 3 aromatic carbocycles. The minimum atomic E-state index is -3.61. The average Bonchev–Trinajstić information content (AvgIpc) is 3.41. The summed E-state index contributed by atoms with van der Waals surface area (Å²) in [5.74, 6) is 0. The molecule has 0 amide bonds. The zero-order chi connectivity index (χ0) is 24.4. The molecule has 1 N–H and O–H groups in total. The van der Waals surface area contributed by atoms with E-state index < -0.39 is 14.9 Å². The molecule has 9 nitrogen and oxygen atoms in total. The summed E-state index contributed by atoms with van der Waals surface area (Å²) in [5.41, 5.74) is 1.30. The van der Waals surface area contributed by atoms with Crippen LogP contribution in [0.3, 0.4) is 0 Å². The molecule has 35 heavy (non-hydrogen) atoms. The van der Waals surface area contributed by atoms with E-state index in [1.165, 1.54) is 10.4 Å². The Balaban J connectivity index is 1.29. The largest absolute Gasteiger partial charge is 0.377 e. The van der Waals surface area contributed by atoms with E-state index >= 15 is 0 Å². The minimum absolute atomic E-state index is 0.0178. The van der Waals surface area contributed by atoms with E-state index in [4.69, 9.17) is 4.74 Å². The lowest BCUT2D eigenvalue weighted by molar-refractivity contribution is -0.383. The average molecular weight is 497 g/mol. The van der Waals surface area contributed by atoms with E-state index in [1.54, 1.807) is 24.3 Å². The molecule has 2 aliphatic rings. The van der Waals surface area contributed by atoms with Crippen LogP contribution in [0, 0.1) is 10.1 Å². The van der Waals surface area contributed by atoms with Crippen molar-refractivity contribution in [1.29, 1.82) is 0 Å². The molecule has 2 saturated heterocycles. The van der Waals surface area contributed by atoms with Crippen molar-refractivity contribution in [1.82, 2.24) is 4.31 Å². The summed E-state index contributed by atoms with van der Waals surface area (Å²) < 4.78 is 33.7. The van der Waals surface area contributed by atoms with Gasteiger partial charge in [0.1, 0.15) is 5.69 Å². The van der Waals surface area contributed by atoms with E-state index in [1.807, 2.05) is 30.3 Å². The molecule has 1 atom stereocenters. The van der Waals surface area contributed by atoms with Crippen LogP contribution in [0.4, 0.5) is 17.1 Å². The molecule has 0 saturated carbocycles. The van der Waals surface area contributed by atoms with Crippen molar-refractivity contribution in [2.75, 3.05) is 49.5 Å². The number of nitro groups is 1. The first kappa shape index (κ1) is 23.5. The molecule has 5 rings (SSSR count). The van der Waals surface area contributed by atoms with Crippen LogP contribution in [0.25, 0.3) is 10.8 Å². The standard InChI is InChI=1S/C25H28N4O5S/c30-29(31)25-10-8-21(17-24(25)26-18-22-6-3-15-34-22)27-11-13-28(14-12-27)35(32,33)23-9-7-19-4-1-2-5-20(19)16-23/h1-2,4-5,7-10,16-17,22,26H,3,6,11-15,18H2/t22-/m0/s1. The van der Waals surface area contributed by atoms with Gasteiger partial charge in [-0.05, 0) is 47.9 Å². The summed E-state index contributed by atoms with van der Waals surface area (Å²) in [5, 5.41) is 16.6. The highest BCUT2D eigenvalue weighted by Gasteiger charge is 2.29. The van der Waals surface area contributed by atoms with E-state index in [9.17, 15) is 18.5 Å². The van der Waals surface area contributed by atoms with Gasteiger partial charge in [-0.25, -0.2) is 8.42 Å². The van der Waals surface area contributed by atoms with E-state index in [-0.39, 0.29) is 11.8 Å². The molecule has 0 spiro atoms. The Hall–Kier alpha value is -3.21. The van der Waals surface area contributed by atoms with Crippen molar-refractivity contribution in [2.45, 2.75) is 23.8 Å². The Morgan fingerprint density at radius 1 is 1.00 bits per heavy atom. The predicted molar refractivity (Wildman–Crippen MR) is 135 cm³/mol. The van der Waals surface area contributed by atoms with Gasteiger partial charge in [0.2, 0.25) is 10.0 Å². The third-order valence-electron chi connectivity index (χ3n) is 6.68. The quantitative estimate of drug-likeness (QED) is 0.391. The van der Waals surface area contributed by atoms with Gasteiger partial charge >= 0.3 is 0 Å². The normalized spacial score (nSPS) is 19.2. The van der Waals surface area contributed by atoms with Gasteiger partial charge in [0, 0.05) is 51.1 Å². The summed E-state index contributed by atoms with van der Waals surface area (Å²) >= 11 is 0. The van der Waals surface area contributed by atoms with Gasteiger partial charge in [0.05, 0.1) is 15.9 Å². The second-order valence-electron chi connectivity index (χ2n) is 8.87. The van der Waals surface area contributed by atoms with Crippen molar-refractivity contribution in [2.24, 2.45) is 0 Å². The van der Waals surface area contributed by atoms with Gasteiger partial charge in [-0.1, -0.05) is 30.3 Å². The van der Waals surface area contributed by atoms with Gasteiger partial charge in [0.15, 0.2) is 0 Å². The highest BCUT2D eigenvalue weighted by atomic mass is 32.2. The molecule has 0 aromatic heterocycles. The number of nitrogens with zero attached hydrogens (tertiary/aromatic N) is 3. The molecule has 0 unspecified atom stereocenters. The summed E-state index contributed by atoms with van der Waals surface area (Å²) in [6.45, 7) is 2.91. The minimum Gasteiger partial charge on any atom is -0.377 e. The Labute approximate surface area is 204 Å². The highest BCUT2D eigenvalue weighted by Crippen LogP contribution is 2.31. The van der Waals surface area contributed by atoms with Crippen LogP contribution in [0.1, 0.15) is 12.8 Å². The third-order valence-corrected chi connectivity index (χ3v) is 8.58. The fraction of sp³-hybridized carbons (Fsp3) is 0.360. The first-order chi connectivity index (χ1) is 16.9. The maximum Gasteiger partial charge on any atom is 0.292 e. The van der Waals surface area contributed by atoms with Crippen LogP contribution < -0.4 is 10.2 Å². The molecule has 0 bridgehead atoms. The van der Waals surface area contributed by atoms with Crippen LogP contribution >= 0.6 is 0 Å². The van der Waals surface area contributed by atoms with Crippen molar-refractivity contribution < 1.29 is 18.1 Å². The lowest BCUT2D eigenvalue weighted by Gasteiger charge is -2.35.